The molecule has 0 saturated carbocycles. The van der Waals surface area contributed by atoms with E-state index in [0.717, 1.165) is 46.4 Å². The molecule has 1 aromatic heterocycles. The average Bonchev–Trinajstić information content (AvgIpc) is 3.64. The van der Waals surface area contributed by atoms with Crippen LogP contribution < -0.4 is 15.0 Å². The van der Waals surface area contributed by atoms with Gasteiger partial charge in [0.25, 0.3) is 0 Å². The number of aryl methyl sites for hydroxylation is 2. The number of nitrogens with one attached hydrogen (secondary N) is 1. The van der Waals surface area contributed by atoms with Crippen molar-refractivity contribution < 1.29 is 27.5 Å². The van der Waals surface area contributed by atoms with E-state index in [0.29, 0.717) is 16.7 Å². The summed E-state index contributed by atoms with van der Waals surface area (Å²) < 4.78 is 42.6. The first-order chi connectivity index (χ1) is 21.5. The van der Waals surface area contributed by atoms with Gasteiger partial charge >= 0.3 is 12.4 Å². The van der Waals surface area contributed by atoms with E-state index in [2.05, 4.69) is 32.1 Å². The predicted molar refractivity (Wildman–Crippen MR) is 168 cm³/mol. The Labute approximate surface area is 261 Å². The van der Waals surface area contributed by atoms with Crippen LogP contribution in [0.15, 0.2) is 84.2 Å². The van der Waals surface area contributed by atoms with E-state index in [-0.39, 0.29) is 17.4 Å². The molecule has 45 heavy (non-hydrogen) atoms. The molecule has 0 radical (unpaired) electrons. The van der Waals surface area contributed by atoms with E-state index >= 15 is 0 Å². The number of allylic oxidation sites excluding steroid dienone is 1. The molecule has 3 amide bonds. The number of carbonyl (C=O) groups excluding carboxylic acids is 2. The van der Waals surface area contributed by atoms with Gasteiger partial charge in [-0.05, 0) is 72.9 Å². The molecule has 232 valence electrons. The number of hydrogen-bond acceptors (Lipinski definition) is 6. The number of amidine groups is 1. The molecule has 1 N–H and O–H groups in total. The van der Waals surface area contributed by atoms with E-state index in [4.69, 9.17) is 0 Å². The lowest BCUT2D eigenvalue weighted by Crippen LogP contribution is -2.31. The molecule has 9 nitrogen and oxygen atoms in total. The van der Waals surface area contributed by atoms with Crippen LogP contribution >= 0.6 is 11.8 Å². The Morgan fingerprint density at radius 1 is 1.11 bits per heavy atom. The van der Waals surface area contributed by atoms with Crippen LogP contribution in [0.4, 0.5) is 23.7 Å². The third-order valence-electron chi connectivity index (χ3n) is 6.80. The van der Waals surface area contributed by atoms with Crippen LogP contribution in [0.5, 0.6) is 5.75 Å². The van der Waals surface area contributed by atoms with Crippen LogP contribution in [0.25, 0.3) is 22.6 Å². The van der Waals surface area contributed by atoms with Crippen molar-refractivity contribution in [3.05, 3.63) is 95.9 Å². The molecule has 0 aliphatic carbocycles. The summed E-state index contributed by atoms with van der Waals surface area (Å²) in [5, 5.41) is 7.45. The Hall–Kier alpha value is -4.91. The van der Waals surface area contributed by atoms with Gasteiger partial charge in [-0.3, -0.25) is 9.69 Å². The molecule has 0 bridgehead atoms. The molecule has 3 aromatic carbocycles. The summed E-state index contributed by atoms with van der Waals surface area (Å²) in [6.07, 6.45) is -0.0154. The van der Waals surface area contributed by atoms with Gasteiger partial charge in [0.15, 0.2) is 11.0 Å². The minimum absolute atomic E-state index is 0.117. The van der Waals surface area contributed by atoms with Crippen molar-refractivity contribution in [2.75, 3.05) is 10.7 Å². The van der Waals surface area contributed by atoms with Crippen molar-refractivity contribution in [3.63, 3.8) is 0 Å². The number of carbonyl (C=O) groups is 2. The number of halogens is 3. The van der Waals surface area contributed by atoms with Crippen molar-refractivity contribution in [2.24, 2.45) is 4.99 Å². The molecule has 1 aliphatic heterocycles. The number of amides is 3. The lowest BCUT2D eigenvalue weighted by Gasteiger charge is -2.20. The third-order valence-corrected chi connectivity index (χ3v) is 7.72. The summed E-state index contributed by atoms with van der Waals surface area (Å²) in [6.45, 7) is 5.87. The number of benzene rings is 3. The van der Waals surface area contributed by atoms with Crippen LogP contribution in [-0.4, -0.2) is 44.0 Å². The Kier molecular flexibility index (Phi) is 9.37. The molecule has 13 heteroatoms. The highest BCUT2D eigenvalue weighted by Crippen LogP contribution is 2.31. The number of alkyl halides is 3. The number of thioether (sulfide) groups is 1. The predicted octanol–water partition coefficient (Wildman–Crippen LogP) is 7.30. The van der Waals surface area contributed by atoms with Gasteiger partial charge in [0.1, 0.15) is 12.1 Å². The fourth-order valence-electron chi connectivity index (χ4n) is 4.62. The minimum atomic E-state index is -4.76. The number of anilines is 1. The van der Waals surface area contributed by atoms with Gasteiger partial charge < -0.3 is 10.1 Å². The molecule has 5 rings (SSSR count). The molecule has 0 atom stereocenters. The fourth-order valence-corrected chi connectivity index (χ4v) is 5.48. The summed E-state index contributed by atoms with van der Waals surface area (Å²) in [5.41, 5.74) is 5.65. The Morgan fingerprint density at radius 2 is 1.84 bits per heavy atom. The van der Waals surface area contributed by atoms with Gasteiger partial charge in [-0.2, -0.15) is 4.99 Å². The summed E-state index contributed by atoms with van der Waals surface area (Å²) >= 11 is 1.23. The van der Waals surface area contributed by atoms with Crippen LogP contribution in [0.1, 0.15) is 37.0 Å². The fraction of sp³-hybridized carbons (Fsp3) is 0.219. The summed E-state index contributed by atoms with van der Waals surface area (Å²) in [6, 6.07) is 18.0. The van der Waals surface area contributed by atoms with Gasteiger partial charge in [0.05, 0.1) is 17.1 Å². The molecule has 1 aliphatic rings. The van der Waals surface area contributed by atoms with Crippen molar-refractivity contribution in [3.8, 4) is 22.8 Å². The summed E-state index contributed by atoms with van der Waals surface area (Å²) in [7, 11) is 0. The number of urea groups is 1. The highest BCUT2D eigenvalue weighted by Gasteiger charge is 2.32. The molecule has 1 fully saturated rings. The van der Waals surface area contributed by atoms with Crippen molar-refractivity contribution in [1.29, 1.82) is 0 Å². The first kappa shape index (κ1) is 31.5. The lowest BCUT2D eigenvalue weighted by molar-refractivity contribution is -0.274. The molecular formula is C32H29F3N6O3S. The van der Waals surface area contributed by atoms with Gasteiger partial charge in [-0.25, -0.2) is 14.5 Å². The zero-order chi connectivity index (χ0) is 32.1. The maximum atomic E-state index is 12.8. The first-order valence-corrected chi connectivity index (χ1v) is 15.0. The van der Waals surface area contributed by atoms with Gasteiger partial charge in [-0.15, -0.1) is 18.3 Å². The Morgan fingerprint density at radius 3 is 2.53 bits per heavy atom. The number of aliphatic imine (C=N–C) groups is 1. The quantitative estimate of drug-likeness (QED) is 0.218. The van der Waals surface area contributed by atoms with Crippen LogP contribution in [0.2, 0.25) is 0 Å². The number of hydrogen-bond donors (Lipinski definition) is 1. The number of rotatable bonds is 8. The number of nitrogens with zero attached hydrogens (tertiary/aromatic N) is 5. The topological polar surface area (TPSA) is 102 Å². The average molecular weight is 635 g/mol. The third kappa shape index (κ3) is 7.79. The minimum Gasteiger partial charge on any atom is -0.406 e. The van der Waals surface area contributed by atoms with Crippen LogP contribution in [-0.2, 0) is 11.2 Å². The number of ether oxygens (including phenoxy) is 1. The maximum Gasteiger partial charge on any atom is 0.573 e. The molecule has 2 heterocycles. The molecule has 4 aromatic rings. The largest absolute Gasteiger partial charge is 0.573 e. The zero-order valence-corrected chi connectivity index (χ0v) is 25.4. The van der Waals surface area contributed by atoms with Crippen molar-refractivity contribution in [1.82, 2.24) is 20.1 Å². The molecule has 0 spiro atoms. The standard InChI is InChI=1S/C32H29F3N6O3S/c1-4-5-23-7-6-20(2)16-27(23)41-28(42)18-45-31(41)38-30(43)36-17-21(3)22-8-10-24(11-9-22)29-37-19-40(39-29)25-12-14-26(15-13-25)44-32(33,34)35/h6-17,19H,4-5,18H2,1-3H3,(H,36,43)/b21-17+,38-31-. The second-order valence-corrected chi connectivity index (χ2v) is 11.1. The van der Waals surface area contributed by atoms with E-state index in [1.807, 2.05) is 56.3 Å². The number of aromatic nitrogens is 3. The van der Waals surface area contributed by atoms with E-state index < -0.39 is 12.4 Å². The van der Waals surface area contributed by atoms with Crippen molar-refractivity contribution in [2.45, 2.75) is 40.0 Å². The highest BCUT2D eigenvalue weighted by atomic mass is 32.2. The lowest BCUT2D eigenvalue weighted by atomic mass is 10.0. The zero-order valence-electron chi connectivity index (χ0n) is 24.6. The van der Waals surface area contributed by atoms with Crippen LogP contribution in [0, 0.1) is 6.92 Å². The normalized spacial score (nSPS) is 14.7. The second kappa shape index (κ2) is 13.4. The van der Waals surface area contributed by atoms with Gasteiger partial charge in [0, 0.05) is 11.8 Å². The molecule has 1 saturated heterocycles. The van der Waals surface area contributed by atoms with Gasteiger partial charge in [-0.1, -0.05) is 61.5 Å². The Bertz CT molecular complexity index is 1770. The second-order valence-electron chi connectivity index (χ2n) is 10.2. The summed E-state index contributed by atoms with van der Waals surface area (Å²) in [4.78, 5) is 35.6. The van der Waals surface area contributed by atoms with Crippen LogP contribution in [0.3, 0.4) is 0 Å². The molecule has 0 unspecified atom stereocenters. The Balaban J connectivity index is 1.24. The monoisotopic (exact) mass is 634 g/mol. The first-order valence-electron chi connectivity index (χ1n) is 14.0. The van der Waals surface area contributed by atoms with E-state index in [1.165, 1.54) is 51.9 Å². The SMILES string of the molecule is CCCc1ccc(C)cc1N1C(=O)CS/C1=N\C(=O)N/C=C(\C)c1ccc(-c2ncn(-c3ccc(OC(F)(F)F)cc3)n2)cc1. The highest BCUT2D eigenvalue weighted by molar-refractivity contribution is 8.15. The van der Waals surface area contributed by atoms with Gasteiger partial charge in [0.2, 0.25) is 5.91 Å². The van der Waals surface area contributed by atoms with E-state index in [1.54, 1.807) is 6.20 Å². The maximum absolute atomic E-state index is 12.8. The smallest absolute Gasteiger partial charge is 0.406 e. The summed E-state index contributed by atoms with van der Waals surface area (Å²) in [5.74, 6) is 0.191. The van der Waals surface area contributed by atoms with Crippen molar-refractivity contribution >= 4 is 40.1 Å². The van der Waals surface area contributed by atoms with E-state index in [9.17, 15) is 22.8 Å². The molecular weight excluding hydrogens is 605 g/mol.